The zero-order valence-corrected chi connectivity index (χ0v) is 17.9. The Morgan fingerprint density at radius 1 is 0.966 bits per heavy atom. The van der Waals surface area contributed by atoms with Gasteiger partial charge in [-0.3, -0.25) is 4.90 Å². The maximum atomic E-state index is 5.57. The Morgan fingerprint density at radius 3 is 2.48 bits per heavy atom. The summed E-state index contributed by atoms with van der Waals surface area (Å²) in [6.45, 7) is 1.64. The second kappa shape index (κ2) is 8.84. The van der Waals surface area contributed by atoms with Crippen LogP contribution in [-0.4, -0.2) is 37.3 Å². The molecule has 0 bridgehead atoms. The lowest BCUT2D eigenvalue weighted by Gasteiger charge is -2.22. The summed E-state index contributed by atoms with van der Waals surface area (Å²) in [7, 11) is 5.10. The van der Waals surface area contributed by atoms with Gasteiger partial charge >= 0.3 is 0 Å². The van der Waals surface area contributed by atoms with Crippen LogP contribution in [0.4, 0.5) is 0 Å². The van der Waals surface area contributed by atoms with Gasteiger partial charge in [0.05, 0.1) is 27.0 Å². The van der Waals surface area contributed by atoms with Crippen LogP contribution in [0.15, 0.2) is 47.8 Å². The number of benzene rings is 2. The third-order valence-corrected chi connectivity index (χ3v) is 6.10. The fourth-order valence-corrected chi connectivity index (χ4v) is 4.26. The second-order valence-corrected chi connectivity index (χ2v) is 8.05. The van der Waals surface area contributed by atoms with Crippen LogP contribution in [0.2, 0.25) is 0 Å². The lowest BCUT2D eigenvalue weighted by molar-refractivity contribution is 0.239. The predicted octanol–water partition coefficient (Wildman–Crippen LogP) is 5.00. The third-order valence-electron chi connectivity index (χ3n) is 5.16. The van der Waals surface area contributed by atoms with Gasteiger partial charge in [-0.1, -0.05) is 12.1 Å². The Morgan fingerprint density at radius 2 is 1.76 bits per heavy atom. The standard InChI is InChI=1S/C23H26N2O3S/c1-26-20-6-4-5-16(11-20)23-24-18(15-29-23)14-25(19-7-8-19)13-17-12-21(27-2)9-10-22(17)28-3/h4-6,9-12,15,19H,7-8,13-14H2,1-3H3. The molecule has 29 heavy (non-hydrogen) atoms. The molecule has 152 valence electrons. The van der Waals surface area contributed by atoms with Crippen molar-refractivity contribution in [2.75, 3.05) is 21.3 Å². The van der Waals surface area contributed by atoms with E-state index in [-0.39, 0.29) is 0 Å². The van der Waals surface area contributed by atoms with Crippen LogP contribution in [-0.2, 0) is 13.1 Å². The largest absolute Gasteiger partial charge is 0.497 e. The molecule has 1 aliphatic carbocycles. The Bertz CT molecular complexity index is 968. The van der Waals surface area contributed by atoms with Crippen LogP contribution < -0.4 is 14.2 Å². The number of ether oxygens (including phenoxy) is 3. The van der Waals surface area contributed by atoms with Gasteiger partial charge in [-0.15, -0.1) is 11.3 Å². The van der Waals surface area contributed by atoms with Crippen molar-refractivity contribution in [3.63, 3.8) is 0 Å². The minimum Gasteiger partial charge on any atom is -0.497 e. The molecule has 1 fully saturated rings. The van der Waals surface area contributed by atoms with Crippen LogP contribution in [0.5, 0.6) is 17.2 Å². The van der Waals surface area contributed by atoms with Gasteiger partial charge in [0.1, 0.15) is 22.3 Å². The molecule has 0 spiro atoms. The fraction of sp³-hybridized carbons (Fsp3) is 0.348. The highest BCUT2D eigenvalue weighted by Gasteiger charge is 2.30. The summed E-state index contributed by atoms with van der Waals surface area (Å²) in [6, 6.07) is 14.6. The van der Waals surface area contributed by atoms with Gasteiger partial charge < -0.3 is 14.2 Å². The summed E-state index contributed by atoms with van der Waals surface area (Å²) < 4.78 is 16.3. The van der Waals surface area contributed by atoms with E-state index in [1.807, 2.05) is 30.3 Å². The number of nitrogens with zero attached hydrogens (tertiary/aromatic N) is 2. The summed E-state index contributed by atoms with van der Waals surface area (Å²) in [5.74, 6) is 2.60. The van der Waals surface area contributed by atoms with Gasteiger partial charge in [0.2, 0.25) is 0 Å². The normalized spacial score (nSPS) is 13.5. The molecule has 0 aliphatic heterocycles. The average molecular weight is 411 g/mol. The molecule has 0 saturated heterocycles. The molecule has 1 aliphatic rings. The van der Waals surface area contributed by atoms with Crippen molar-refractivity contribution in [2.24, 2.45) is 0 Å². The van der Waals surface area contributed by atoms with Gasteiger partial charge in [-0.05, 0) is 43.2 Å². The van der Waals surface area contributed by atoms with Gasteiger partial charge in [0.25, 0.3) is 0 Å². The molecule has 2 aromatic carbocycles. The number of hydrogen-bond acceptors (Lipinski definition) is 6. The molecular formula is C23H26N2O3S. The summed E-state index contributed by atoms with van der Waals surface area (Å²) >= 11 is 1.68. The Kier molecular flexibility index (Phi) is 6.02. The van der Waals surface area contributed by atoms with Crippen molar-refractivity contribution in [1.82, 2.24) is 9.88 Å². The van der Waals surface area contributed by atoms with Crippen LogP contribution in [0.3, 0.4) is 0 Å². The Labute approximate surface area is 175 Å². The topological polar surface area (TPSA) is 43.8 Å². The Hall–Kier alpha value is -2.57. The monoisotopic (exact) mass is 410 g/mol. The lowest BCUT2D eigenvalue weighted by Crippen LogP contribution is -2.25. The molecule has 3 aromatic rings. The number of aromatic nitrogens is 1. The summed E-state index contributed by atoms with van der Waals surface area (Å²) in [5, 5.41) is 3.18. The summed E-state index contributed by atoms with van der Waals surface area (Å²) in [6.07, 6.45) is 2.47. The van der Waals surface area contributed by atoms with Crippen molar-refractivity contribution >= 4 is 11.3 Å². The van der Waals surface area contributed by atoms with Gasteiger partial charge in [-0.25, -0.2) is 4.98 Å². The molecule has 0 N–H and O–H groups in total. The first-order valence-corrected chi connectivity index (χ1v) is 10.6. The first kappa shape index (κ1) is 19.7. The van der Waals surface area contributed by atoms with Crippen LogP contribution in [0.1, 0.15) is 24.1 Å². The molecule has 6 heteroatoms. The maximum absolute atomic E-state index is 5.57. The van der Waals surface area contributed by atoms with Crippen LogP contribution in [0.25, 0.3) is 10.6 Å². The smallest absolute Gasteiger partial charge is 0.123 e. The van der Waals surface area contributed by atoms with Gasteiger partial charge in [0, 0.05) is 35.6 Å². The minimum atomic E-state index is 0.605. The molecule has 1 saturated carbocycles. The van der Waals surface area contributed by atoms with E-state index in [0.717, 1.165) is 52.2 Å². The highest BCUT2D eigenvalue weighted by atomic mass is 32.1. The van der Waals surface area contributed by atoms with Crippen LogP contribution in [0, 0.1) is 0 Å². The van der Waals surface area contributed by atoms with Crippen molar-refractivity contribution in [3.8, 4) is 27.8 Å². The fourth-order valence-electron chi connectivity index (χ4n) is 3.45. The summed E-state index contributed by atoms with van der Waals surface area (Å²) in [4.78, 5) is 7.38. The number of methoxy groups -OCH3 is 3. The number of hydrogen-bond donors (Lipinski definition) is 0. The van der Waals surface area contributed by atoms with Crippen molar-refractivity contribution < 1.29 is 14.2 Å². The molecule has 0 atom stereocenters. The van der Waals surface area contributed by atoms with Crippen molar-refractivity contribution in [1.29, 1.82) is 0 Å². The van der Waals surface area contributed by atoms with Gasteiger partial charge in [-0.2, -0.15) is 0 Å². The quantitative estimate of drug-likeness (QED) is 0.497. The highest BCUT2D eigenvalue weighted by molar-refractivity contribution is 7.13. The third kappa shape index (κ3) is 4.71. The van der Waals surface area contributed by atoms with E-state index in [2.05, 4.69) is 22.4 Å². The SMILES string of the molecule is COc1cccc(-c2nc(CN(Cc3cc(OC)ccc3OC)C3CC3)cs2)c1. The minimum absolute atomic E-state index is 0.605. The number of rotatable bonds is 9. The first-order chi connectivity index (χ1) is 14.2. The van der Waals surface area contributed by atoms with E-state index in [0.29, 0.717) is 6.04 Å². The molecule has 1 aromatic heterocycles. The summed E-state index contributed by atoms with van der Waals surface area (Å²) in [5.41, 5.74) is 3.33. The second-order valence-electron chi connectivity index (χ2n) is 7.19. The van der Waals surface area contributed by atoms with E-state index >= 15 is 0 Å². The predicted molar refractivity (Wildman–Crippen MR) is 116 cm³/mol. The molecule has 1 heterocycles. The van der Waals surface area contributed by atoms with Gasteiger partial charge in [0.15, 0.2) is 0 Å². The maximum Gasteiger partial charge on any atom is 0.123 e. The van der Waals surface area contributed by atoms with E-state index in [1.165, 1.54) is 12.8 Å². The molecule has 4 rings (SSSR count). The molecular weight excluding hydrogens is 384 g/mol. The molecule has 5 nitrogen and oxygen atoms in total. The van der Waals surface area contributed by atoms with Crippen molar-refractivity contribution in [3.05, 3.63) is 59.1 Å². The lowest BCUT2D eigenvalue weighted by atomic mass is 10.1. The average Bonchev–Trinajstić information content (AvgIpc) is 3.51. The van der Waals surface area contributed by atoms with Crippen molar-refractivity contribution in [2.45, 2.75) is 32.0 Å². The van der Waals surface area contributed by atoms with Crippen LogP contribution >= 0.6 is 11.3 Å². The zero-order chi connectivity index (χ0) is 20.2. The van der Waals surface area contributed by atoms with E-state index in [1.54, 1.807) is 32.7 Å². The van der Waals surface area contributed by atoms with E-state index in [9.17, 15) is 0 Å². The molecule has 0 amide bonds. The highest BCUT2D eigenvalue weighted by Crippen LogP contribution is 2.34. The molecule has 0 radical (unpaired) electrons. The molecule has 0 unspecified atom stereocenters. The zero-order valence-electron chi connectivity index (χ0n) is 17.1. The first-order valence-electron chi connectivity index (χ1n) is 9.74. The van der Waals surface area contributed by atoms with E-state index < -0.39 is 0 Å². The number of thiazole rings is 1. The van der Waals surface area contributed by atoms with E-state index in [4.69, 9.17) is 19.2 Å². The Balaban J connectivity index is 1.52.